The lowest BCUT2D eigenvalue weighted by Gasteiger charge is -2.33. The quantitative estimate of drug-likeness (QED) is 0.676. The fraction of sp³-hybridized carbons (Fsp3) is 0.333. The number of esters is 1. The van der Waals surface area contributed by atoms with Crippen molar-refractivity contribution in [1.29, 1.82) is 0 Å². The monoisotopic (exact) mass is 434 g/mol. The molecule has 2 aromatic carbocycles. The maximum atomic E-state index is 13.1. The molecule has 1 heterocycles. The number of hydrogen-bond acceptors (Lipinski definition) is 5. The molecule has 7 nitrogen and oxygen atoms in total. The largest absolute Gasteiger partial charge is 0.454 e. The number of nitrogens with zero attached hydrogens (tertiary/aromatic N) is 2. The second-order valence-electron chi connectivity index (χ2n) is 7.04. The molecular formula is C21H23FN2O5S. The summed E-state index contributed by atoms with van der Waals surface area (Å²) in [5, 5.41) is 0. The zero-order chi connectivity index (χ0) is 21.9. The van der Waals surface area contributed by atoms with Gasteiger partial charge in [0.2, 0.25) is 15.9 Å². The van der Waals surface area contributed by atoms with Crippen LogP contribution in [-0.2, 0) is 19.6 Å². The second-order valence-corrected chi connectivity index (χ2v) is 8.98. The van der Waals surface area contributed by atoms with Crippen LogP contribution < -0.4 is 0 Å². The van der Waals surface area contributed by atoms with Crippen LogP contribution in [-0.4, -0.2) is 55.7 Å². The van der Waals surface area contributed by atoms with E-state index in [1.165, 1.54) is 59.8 Å². The van der Waals surface area contributed by atoms with Gasteiger partial charge in [-0.15, -0.1) is 0 Å². The third-order valence-corrected chi connectivity index (χ3v) is 6.91. The molecule has 1 fully saturated rings. The number of benzene rings is 2. The number of halogens is 1. The first-order chi connectivity index (χ1) is 14.2. The van der Waals surface area contributed by atoms with Gasteiger partial charge in [0.15, 0.2) is 0 Å². The number of carbonyl (C=O) groups is 2. The highest BCUT2D eigenvalue weighted by Gasteiger charge is 2.29. The van der Waals surface area contributed by atoms with Crippen LogP contribution in [0.25, 0.3) is 0 Å². The van der Waals surface area contributed by atoms with Crippen LogP contribution in [0.3, 0.4) is 0 Å². The van der Waals surface area contributed by atoms with Gasteiger partial charge in [-0.05, 0) is 42.8 Å². The Morgan fingerprint density at radius 2 is 1.67 bits per heavy atom. The Hall–Kier alpha value is -2.78. The number of hydrogen-bond donors (Lipinski definition) is 0. The topological polar surface area (TPSA) is 84.0 Å². The first kappa shape index (κ1) is 21.9. The maximum Gasteiger partial charge on any atom is 0.338 e. The Morgan fingerprint density at radius 1 is 1.03 bits per heavy atom. The first-order valence-corrected chi connectivity index (χ1v) is 10.9. The van der Waals surface area contributed by atoms with E-state index >= 15 is 0 Å². The molecule has 9 heteroatoms. The molecule has 2 aromatic rings. The van der Waals surface area contributed by atoms with Crippen molar-refractivity contribution in [3.05, 3.63) is 65.5 Å². The zero-order valence-electron chi connectivity index (χ0n) is 16.7. The molecule has 1 unspecified atom stereocenters. The van der Waals surface area contributed by atoms with E-state index in [-0.39, 0.29) is 35.3 Å². The van der Waals surface area contributed by atoms with Gasteiger partial charge in [0.1, 0.15) is 11.9 Å². The molecule has 0 aromatic heterocycles. The molecule has 0 N–H and O–H groups in total. The summed E-state index contributed by atoms with van der Waals surface area (Å²) >= 11 is 0. The SMILES string of the molecule is CC(=O)N1CCN(S(=O)(=O)c2cccc(C(=O)OC(C)c3ccc(F)cc3)c2)CC1. The summed E-state index contributed by atoms with van der Waals surface area (Å²) in [5.41, 5.74) is 0.726. The molecule has 0 saturated carbocycles. The van der Waals surface area contributed by atoms with E-state index in [4.69, 9.17) is 4.74 Å². The molecule has 30 heavy (non-hydrogen) atoms. The van der Waals surface area contributed by atoms with Gasteiger partial charge < -0.3 is 9.64 Å². The van der Waals surface area contributed by atoms with E-state index in [9.17, 15) is 22.4 Å². The van der Waals surface area contributed by atoms with Crippen molar-refractivity contribution in [3.8, 4) is 0 Å². The van der Waals surface area contributed by atoms with Crippen molar-refractivity contribution in [2.24, 2.45) is 0 Å². The first-order valence-electron chi connectivity index (χ1n) is 9.50. The minimum absolute atomic E-state index is 0.0114. The summed E-state index contributed by atoms with van der Waals surface area (Å²) in [6, 6.07) is 11.3. The Labute approximate surface area is 175 Å². The molecule has 0 spiro atoms. The van der Waals surface area contributed by atoms with E-state index < -0.39 is 22.1 Å². The van der Waals surface area contributed by atoms with E-state index in [1.54, 1.807) is 11.8 Å². The van der Waals surface area contributed by atoms with Gasteiger partial charge in [-0.1, -0.05) is 18.2 Å². The minimum Gasteiger partial charge on any atom is -0.454 e. The summed E-state index contributed by atoms with van der Waals surface area (Å²) in [6.45, 7) is 4.14. The molecule has 0 bridgehead atoms. The van der Waals surface area contributed by atoms with Crippen LogP contribution in [0.1, 0.15) is 35.9 Å². The highest BCUT2D eigenvalue weighted by Crippen LogP contribution is 2.22. The normalized spacial score (nSPS) is 16.2. The van der Waals surface area contributed by atoms with Crippen LogP contribution >= 0.6 is 0 Å². The van der Waals surface area contributed by atoms with Gasteiger partial charge in [-0.25, -0.2) is 17.6 Å². The summed E-state index contributed by atoms with van der Waals surface area (Å²) < 4.78 is 45.7. The van der Waals surface area contributed by atoms with Gasteiger partial charge in [0.25, 0.3) is 0 Å². The van der Waals surface area contributed by atoms with Crippen molar-refractivity contribution >= 4 is 21.9 Å². The minimum atomic E-state index is -3.81. The van der Waals surface area contributed by atoms with Crippen LogP contribution in [0.4, 0.5) is 4.39 Å². The lowest BCUT2D eigenvalue weighted by molar-refractivity contribution is -0.129. The van der Waals surface area contributed by atoms with Crippen LogP contribution in [0, 0.1) is 5.82 Å². The summed E-state index contributed by atoms with van der Waals surface area (Å²) in [5.74, 6) is -1.16. The van der Waals surface area contributed by atoms with E-state index in [1.807, 2.05) is 0 Å². The van der Waals surface area contributed by atoms with Crippen LogP contribution in [0.2, 0.25) is 0 Å². The predicted molar refractivity (Wildman–Crippen MR) is 108 cm³/mol. The number of piperazine rings is 1. The Balaban J connectivity index is 1.72. The van der Waals surface area contributed by atoms with Crippen molar-refractivity contribution in [3.63, 3.8) is 0 Å². The molecule has 1 atom stereocenters. The zero-order valence-corrected chi connectivity index (χ0v) is 17.6. The Bertz CT molecular complexity index is 1030. The van der Waals surface area contributed by atoms with Crippen LogP contribution in [0.15, 0.2) is 53.4 Å². The molecule has 0 aliphatic carbocycles. The van der Waals surface area contributed by atoms with Gasteiger partial charge in [-0.2, -0.15) is 4.31 Å². The number of sulfonamides is 1. The molecule has 1 aliphatic heterocycles. The average Bonchev–Trinajstić information content (AvgIpc) is 2.74. The number of amides is 1. The van der Waals surface area contributed by atoms with Crippen molar-refractivity contribution in [1.82, 2.24) is 9.21 Å². The molecule has 1 aliphatic rings. The van der Waals surface area contributed by atoms with Crippen molar-refractivity contribution < 1.29 is 27.1 Å². The smallest absolute Gasteiger partial charge is 0.338 e. The maximum absolute atomic E-state index is 13.1. The van der Waals surface area contributed by atoms with Gasteiger partial charge in [0, 0.05) is 33.1 Å². The molecule has 160 valence electrons. The molecule has 1 saturated heterocycles. The van der Waals surface area contributed by atoms with E-state index in [0.717, 1.165) is 0 Å². The Kier molecular flexibility index (Phi) is 6.52. The Morgan fingerprint density at radius 3 is 2.27 bits per heavy atom. The summed E-state index contributed by atoms with van der Waals surface area (Å²) in [6.07, 6.45) is -0.627. The number of rotatable bonds is 5. The highest BCUT2D eigenvalue weighted by molar-refractivity contribution is 7.89. The second kappa shape index (κ2) is 8.93. The fourth-order valence-electron chi connectivity index (χ4n) is 3.21. The molecular weight excluding hydrogens is 411 g/mol. The average molecular weight is 434 g/mol. The lowest BCUT2D eigenvalue weighted by atomic mass is 10.1. The molecule has 0 radical (unpaired) electrons. The lowest BCUT2D eigenvalue weighted by Crippen LogP contribution is -2.49. The van der Waals surface area contributed by atoms with Crippen molar-refractivity contribution in [2.45, 2.75) is 24.8 Å². The van der Waals surface area contributed by atoms with Gasteiger partial charge >= 0.3 is 5.97 Å². The van der Waals surface area contributed by atoms with E-state index in [0.29, 0.717) is 18.7 Å². The summed E-state index contributed by atoms with van der Waals surface area (Å²) in [7, 11) is -3.81. The third kappa shape index (κ3) is 4.85. The third-order valence-electron chi connectivity index (χ3n) is 5.01. The molecule has 3 rings (SSSR count). The van der Waals surface area contributed by atoms with Gasteiger partial charge in [-0.3, -0.25) is 4.79 Å². The predicted octanol–water partition coefficient (Wildman–Crippen LogP) is 2.60. The van der Waals surface area contributed by atoms with Gasteiger partial charge in [0.05, 0.1) is 10.5 Å². The van der Waals surface area contributed by atoms with Crippen molar-refractivity contribution in [2.75, 3.05) is 26.2 Å². The molecule has 1 amide bonds. The van der Waals surface area contributed by atoms with E-state index in [2.05, 4.69) is 0 Å². The number of ether oxygens (including phenoxy) is 1. The number of carbonyl (C=O) groups excluding carboxylic acids is 2. The summed E-state index contributed by atoms with van der Waals surface area (Å²) in [4.78, 5) is 25.5. The fourth-order valence-corrected chi connectivity index (χ4v) is 4.67. The standard InChI is InChI=1S/C21H23FN2O5S/c1-15(17-6-8-19(22)9-7-17)29-21(26)18-4-3-5-20(14-18)30(27,28)24-12-10-23(11-13-24)16(2)25/h3-9,14-15H,10-13H2,1-2H3. The van der Waals surface area contributed by atoms with Crippen LogP contribution in [0.5, 0.6) is 0 Å². The highest BCUT2D eigenvalue weighted by atomic mass is 32.2.